The Labute approximate surface area is 71.8 Å². The maximum Gasteiger partial charge on any atom is 0.116 e. The Kier molecular flexibility index (Phi) is 1.88. The molecule has 2 bridgehead atoms. The number of fused-ring (bicyclic) bond motifs is 2. The van der Waals surface area contributed by atoms with Gasteiger partial charge in [-0.1, -0.05) is 23.7 Å². The Hall–Kier alpha value is -1.60. The lowest BCUT2D eigenvalue weighted by atomic mass is 10.3. The highest BCUT2D eigenvalue weighted by Gasteiger charge is 1.98. The highest BCUT2D eigenvalue weighted by molar-refractivity contribution is 5.21. The molecular weight excluding hydrogens is 148 g/mol. The molecule has 1 nitrogen and oxygen atoms in total. The average Bonchev–Trinajstić information content (AvgIpc) is 2.51. The molecule has 0 saturated heterocycles. The molecular formula is C11H8O. The van der Waals surface area contributed by atoms with Crippen LogP contribution < -0.4 is 0 Å². The summed E-state index contributed by atoms with van der Waals surface area (Å²) in [5.74, 6) is 13.8. The first-order valence-corrected chi connectivity index (χ1v) is 3.94. The lowest BCUT2D eigenvalue weighted by molar-refractivity contribution is 0.488. The Morgan fingerprint density at radius 1 is 0.917 bits per heavy atom. The zero-order valence-electron chi connectivity index (χ0n) is 6.68. The molecule has 0 spiro atoms. The van der Waals surface area contributed by atoms with Gasteiger partial charge in [0.25, 0.3) is 0 Å². The van der Waals surface area contributed by atoms with Gasteiger partial charge in [0.2, 0.25) is 0 Å². The molecule has 0 radical (unpaired) electrons. The third kappa shape index (κ3) is 1.52. The van der Waals surface area contributed by atoms with Crippen molar-refractivity contribution < 1.29 is 4.42 Å². The van der Waals surface area contributed by atoms with Crippen LogP contribution in [0.1, 0.15) is 17.9 Å². The molecule has 0 N–H and O–H groups in total. The van der Waals surface area contributed by atoms with E-state index in [9.17, 15) is 0 Å². The zero-order valence-corrected chi connectivity index (χ0v) is 6.68. The van der Waals surface area contributed by atoms with Gasteiger partial charge in [0.1, 0.15) is 11.5 Å². The quantitative estimate of drug-likeness (QED) is 0.522. The monoisotopic (exact) mass is 156 g/mol. The van der Waals surface area contributed by atoms with Crippen molar-refractivity contribution in [3.63, 3.8) is 0 Å². The molecule has 2 rings (SSSR count). The first-order valence-electron chi connectivity index (χ1n) is 3.94. The number of hydrogen-bond donors (Lipinski definition) is 0. The van der Waals surface area contributed by atoms with Crippen molar-refractivity contribution in [2.45, 2.75) is 19.3 Å². The summed E-state index contributed by atoms with van der Waals surface area (Å²) in [7, 11) is 0. The Balaban J connectivity index is 2.32. The summed E-state index contributed by atoms with van der Waals surface area (Å²) >= 11 is 0. The predicted molar refractivity (Wildman–Crippen MR) is 46.3 cm³/mol. The van der Waals surface area contributed by atoms with Gasteiger partial charge in [-0.05, 0) is 12.1 Å². The van der Waals surface area contributed by atoms with Crippen LogP contribution in [0, 0.1) is 23.7 Å². The number of rotatable bonds is 0. The van der Waals surface area contributed by atoms with E-state index in [1.54, 1.807) is 0 Å². The van der Waals surface area contributed by atoms with Crippen molar-refractivity contribution in [2.24, 2.45) is 0 Å². The van der Waals surface area contributed by atoms with Gasteiger partial charge in [-0.25, -0.2) is 0 Å². The van der Waals surface area contributed by atoms with Gasteiger partial charge in [-0.15, -0.1) is 0 Å². The fourth-order valence-electron chi connectivity index (χ4n) is 1.08. The molecule has 58 valence electrons. The van der Waals surface area contributed by atoms with Crippen molar-refractivity contribution in [3.05, 3.63) is 23.7 Å². The minimum absolute atomic E-state index is 0.681. The summed E-state index contributed by atoms with van der Waals surface area (Å²) < 4.78 is 5.46. The van der Waals surface area contributed by atoms with Gasteiger partial charge >= 0.3 is 0 Å². The maximum atomic E-state index is 5.46. The highest BCUT2D eigenvalue weighted by Crippen LogP contribution is 2.08. The summed E-state index contributed by atoms with van der Waals surface area (Å²) in [4.78, 5) is 0. The minimum Gasteiger partial charge on any atom is -0.464 e. The molecule has 2 heterocycles. The van der Waals surface area contributed by atoms with Gasteiger partial charge in [-0.3, -0.25) is 0 Å². The van der Waals surface area contributed by atoms with Gasteiger partial charge in [0.15, 0.2) is 0 Å². The normalized spacial score (nSPS) is 13.7. The van der Waals surface area contributed by atoms with Crippen LogP contribution in [0.5, 0.6) is 0 Å². The van der Waals surface area contributed by atoms with E-state index in [4.69, 9.17) is 4.42 Å². The first-order chi connectivity index (χ1) is 5.95. The molecule has 0 atom stereocenters. The Morgan fingerprint density at radius 2 is 1.50 bits per heavy atom. The van der Waals surface area contributed by atoms with Crippen LogP contribution in [0.15, 0.2) is 16.5 Å². The van der Waals surface area contributed by atoms with Crippen molar-refractivity contribution in [2.75, 3.05) is 0 Å². The second-order valence-electron chi connectivity index (χ2n) is 2.61. The maximum absolute atomic E-state index is 5.46. The van der Waals surface area contributed by atoms with Crippen LogP contribution in [0.3, 0.4) is 0 Å². The average molecular weight is 156 g/mol. The molecule has 0 saturated carbocycles. The van der Waals surface area contributed by atoms with Gasteiger partial charge in [-0.2, -0.15) is 0 Å². The van der Waals surface area contributed by atoms with Crippen LogP contribution >= 0.6 is 0 Å². The van der Waals surface area contributed by atoms with E-state index in [-0.39, 0.29) is 0 Å². The predicted octanol–water partition coefficient (Wildman–Crippen LogP) is 1.78. The van der Waals surface area contributed by atoms with Crippen LogP contribution in [-0.2, 0) is 12.8 Å². The smallest absolute Gasteiger partial charge is 0.116 e. The molecule has 1 aromatic heterocycles. The van der Waals surface area contributed by atoms with E-state index in [0.29, 0.717) is 19.3 Å². The lowest BCUT2D eigenvalue weighted by Crippen LogP contribution is -1.79. The van der Waals surface area contributed by atoms with E-state index >= 15 is 0 Å². The third-order valence-electron chi connectivity index (χ3n) is 1.67. The number of furan rings is 1. The summed E-state index contributed by atoms with van der Waals surface area (Å²) in [6.07, 6.45) is 2.10. The molecule has 1 aromatic rings. The molecule has 12 heavy (non-hydrogen) atoms. The summed E-state index contributed by atoms with van der Waals surface area (Å²) in [5.41, 5.74) is 0. The van der Waals surface area contributed by atoms with Crippen LogP contribution in [0.4, 0.5) is 0 Å². The molecule has 1 aliphatic rings. The fraction of sp³-hybridized carbons (Fsp3) is 0.273. The number of hydrogen-bond acceptors (Lipinski definition) is 1. The molecule has 0 amide bonds. The second-order valence-corrected chi connectivity index (χ2v) is 2.61. The Bertz CT molecular complexity index is 353. The molecule has 0 fully saturated rings. The van der Waals surface area contributed by atoms with Crippen LogP contribution in [0.25, 0.3) is 0 Å². The molecule has 1 aliphatic heterocycles. The van der Waals surface area contributed by atoms with Crippen molar-refractivity contribution >= 4 is 0 Å². The van der Waals surface area contributed by atoms with E-state index in [0.717, 1.165) is 11.5 Å². The van der Waals surface area contributed by atoms with E-state index in [1.807, 2.05) is 12.1 Å². The van der Waals surface area contributed by atoms with Crippen LogP contribution in [-0.4, -0.2) is 0 Å². The summed E-state index contributed by atoms with van der Waals surface area (Å²) in [6.45, 7) is 0. The lowest BCUT2D eigenvalue weighted by Gasteiger charge is -1.89. The molecule has 0 unspecified atom stereocenters. The third-order valence-corrected chi connectivity index (χ3v) is 1.67. The molecule has 0 aliphatic carbocycles. The van der Waals surface area contributed by atoms with Gasteiger partial charge < -0.3 is 4.42 Å². The standard InChI is InChI=1S/C11H8O/c1-2-4-6-10-8-9-11(12-10)7-5-3-1/h8-9H,1,6-7H2. The van der Waals surface area contributed by atoms with Crippen LogP contribution in [0.2, 0.25) is 0 Å². The SMILES string of the molecule is C1#CCc2ccc(o2)CC#CC1. The van der Waals surface area contributed by atoms with E-state index in [1.165, 1.54) is 0 Å². The summed E-state index contributed by atoms with van der Waals surface area (Å²) in [6, 6.07) is 3.94. The zero-order chi connectivity index (χ0) is 8.23. The fourth-order valence-corrected chi connectivity index (χ4v) is 1.08. The minimum atomic E-state index is 0.681. The van der Waals surface area contributed by atoms with Gasteiger partial charge in [0.05, 0.1) is 19.3 Å². The van der Waals surface area contributed by atoms with Crippen molar-refractivity contribution in [1.29, 1.82) is 0 Å². The largest absolute Gasteiger partial charge is 0.464 e. The summed E-state index contributed by atoms with van der Waals surface area (Å²) in [5, 5.41) is 0. The van der Waals surface area contributed by atoms with E-state index in [2.05, 4.69) is 23.7 Å². The topological polar surface area (TPSA) is 13.1 Å². The first kappa shape index (κ1) is 7.07. The van der Waals surface area contributed by atoms with Crippen molar-refractivity contribution in [3.8, 4) is 23.7 Å². The highest BCUT2D eigenvalue weighted by atomic mass is 16.3. The van der Waals surface area contributed by atoms with Gasteiger partial charge in [0, 0.05) is 0 Å². The van der Waals surface area contributed by atoms with Crippen molar-refractivity contribution in [1.82, 2.24) is 0 Å². The molecule has 1 heteroatoms. The Morgan fingerprint density at radius 3 is 2.08 bits per heavy atom. The second kappa shape index (κ2) is 3.20. The molecule has 0 aromatic carbocycles. The van der Waals surface area contributed by atoms with E-state index < -0.39 is 0 Å².